The highest BCUT2D eigenvalue weighted by Gasteiger charge is 2.32. The Hall–Kier alpha value is -0.0800. The molecule has 0 saturated heterocycles. The lowest BCUT2D eigenvalue weighted by Crippen LogP contribution is -2.38. The Morgan fingerprint density at radius 2 is 1.92 bits per heavy atom. The zero-order valence-electron chi connectivity index (χ0n) is 8.59. The Labute approximate surface area is 81.0 Å². The zero-order valence-corrected chi connectivity index (χ0v) is 8.59. The Bertz CT molecular complexity index is 156. The first-order valence-corrected chi connectivity index (χ1v) is 5.71. The first-order chi connectivity index (χ1) is 6.40. The van der Waals surface area contributed by atoms with E-state index in [1.807, 2.05) is 0 Å². The van der Waals surface area contributed by atoms with E-state index in [0.717, 1.165) is 31.1 Å². The number of hydrogen-bond donors (Lipinski definition) is 1. The molecule has 2 fully saturated rings. The lowest BCUT2D eigenvalue weighted by atomic mass is 9.74. The third-order valence-electron chi connectivity index (χ3n) is 3.36. The number of hydrogen-bond acceptors (Lipinski definition) is 2. The van der Waals surface area contributed by atoms with E-state index in [2.05, 4.69) is 12.2 Å². The predicted octanol–water partition coefficient (Wildman–Crippen LogP) is 1.80. The maximum atomic E-state index is 5.46. The van der Waals surface area contributed by atoms with Gasteiger partial charge in [-0.2, -0.15) is 0 Å². The zero-order chi connectivity index (χ0) is 9.10. The topological polar surface area (TPSA) is 21.3 Å². The van der Waals surface area contributed by atoms with Crippen molar-refractivity contribution in [1.82, 2.24) is 5.32 Å². The van der Waals surface area contributed by atoms with Crippen LogP contribution < -0.4 is 5.32 Å². The lowest BCUT2D eigenvalue weighted by molar-refractivity contribution is 0.0376. The maximum Gasteiger partial charge on any atom is 0.0497 e. The molecule has 0 radical (unpaired) electrons. The molecule has 2 heteroatoms. The number of nitrogens with one attached hydrogen (secondary N) is 1. The van der Waals surface area contributed by atoms with Crippen molar-refractivity contribution in [3.63, 3.8) is 0 Å². The van der Waals surface area contributed by atoms with E-state index in [9.17, 15) is 0 Å². The van der Waals surface area contributed by atoms with Gasteiger partial charge in [0.05, 0.1) is 0 Å². The summed E-state index contributed by atoms with van der Waals surface area (Å²) in [5.41, 5.74) is 0. The molecule has 0 aromatic carbocycles. The molecule has 2 atom stereocenters. The third kappa shape index (κ3) is 2.68. The molecule has 13 heavy (non-hydrogen) atoms. The maximum absolute atomic E-state index is 5.46. The summed E-state index contributed by atoms with van der Waals surface area (Å²) in [6, 6.07) is 0.869. The van der Waals surface area contributed by atoms with Crippen LogP contribution in [-0.4, -0.2) is 25.8 Å². The Balaban J connectivity index is 1.56. The molecule has 2 unspecified atom stereocenters. The summed E-state index contributed by atoms with van der Waals surface area (Å²) < 4.78 is 5.46. The second-order valence-electron chi connectivity index (χ2n) is 4.44. The molecule has 2 nitrogen and oxygen atoms in total. The van der Waals surface area contributed by atoms with Crippen LogP contribution in [0.15, 0.2) is 0 Å². The first-order valence-electron chi connectivity index (χ1n) is 5.71. The van der Waals surface area contributed by atoms with Crippen LogP contribution in [-0.2, 0) is 4.74 Å². The molecule has 1 N–H and O–H groups in total. The minimum Gasteiger partial charge on any atom is -0.381 e. The lowest BCUT2D eigenvalue weighted by Gasteiger charge is -2.36. The van der Waals surface area contributed by atoms with Gasteiger partial charge in [-0.15, -0.1) is 0 Å². The van der Waals surface area contributed by atoms with Gasteiger partial charge in [0.2, 0.25) is 0 Å². The minimum absolute atomic E-state index is 0.853. The SMILES string of the molecule is CCOCC1CCC1CNC1CC1. The molecule has 0 amide bonds. The van der Waals surface area contributed by atoms with Crippen molar-refractivity contribution < 1.29 is 4.74 Å². The van der Waals surface area contributed by atoms with Gasteiger partial charge in [-0.1, -0.05) is 0 Å². The van der Waals surface area contributed by atoms with Crippen LogP contribution in [0, 0.1) is 11.8 Å². The molecule has 2 aliphatic rings. The number of ether oxygens (including phenoxy) is 1. The third-order valence-corrected chi connectivity index (χ3v) is 3.36. The first kappa shape index (κ1) is 9.47. The van der Waals surface area contributed by atoms with E-state index >= 15 is 0 Å². The second-order valence-corrected chi connectivity index (χ2v) is 4.44. The number of rotatable bonds is 6. The van der Waals surface area contributed by atoms with Gasteiger partial charge in [-0.05, 0) is 51.0 Å². The Morgan fingerprint density at radius 3 is 2.46 bits per heavy atom. The quantitative estimate of drug-likeness (QED) is 0.678. The second kappa shape index (κ2) is 4.43. The van der Waals surface area contributed by atoms with E-state index < -0.39 is 0 Å². The Kier molecular flexibility index (Phi) is 3.23. The normalized spacial score (nSPS) is 33.0. The van der Waals surface area contributed by atoms with Crippen LogP contribution in [0.3, 0.4) is 0 Å². The van der Waals surface area contributed by atoms with Crippen molar-refractivity contribution in [1.29, 1.82) is 0 Å². The summed E-state index contributed by atoms with van der Waals surface area (Å²) in [5, 5.41) is 3.61. The fourth-order valence-corrected chi connectivity index (χ4v) is 2.00. The molecule has 0 aliphatic heterocycles. The summed E-state index contributed by atoms with van der Waals surface area (Å²) in [6.07, 6.45) is 5.61. The molecule has 76 valence electrons. The predicted molar refractivity (Wildman–Crippen MR) is 53.7 cm³/mol. The van der Waals surface area contributed by atoms with E-state index in [4.69, 9.17) is 4.74 Å². The van der Waals surface area contributed by atoms with Crippen LogP contribution >= 0.6 is 0 Å². The molecular weight excluding hydrogens is 162 g/mol. The van der Waals surface area contributed by atoms with Gasteiger partial charge in [0.25, 0.3) is 0 Å². The summed E-state index contributed by atoms with van der Waals surface area (Å²) in [6.45, 7) is 5.19. The fraction of sp³-hybridized carbons (Fsp3) is 1.00. The smallest absolute Gasteiger partial charge is 0.0497 e. The fourth-order valence-electron chi connectivity index (χ4n) is 2.00. The van der Waals surface area contributed by atoms with Gasteiger partial charge < -0.3 is 10.1 Å². The molecule has 0 aromatic heterocycles. The van der Waals surface area contributed by atoms with Gasteiger partial charge in [0, 0.05) is 19.3 Å². The van der Waals surface area contributed by atoms with Gasteiger partial charge in [-0.25, -0.2) is 0 Å². The van der Waals surface area contributed by atoms with E-state index in [0.29, 0.717) is 0 Å². The molecular formula is C11H21NO. The molecule has 0 heterocycles. The van der Waals surface area contributed by atoms with Crippen LogP contribution in [0.5, 0.6) is 0 Å². The van der Waals surface area contributed by atoms with E-state index in [-0.39, 0.29) is 0 Å². The summed E-state index contributed by atoms with van der Waals surface area (Å²) in [5.74, 6) is 1.76. The highest BCUT2D eigenvalue weighted by Crippen LogP contribution is 2.34. The van der Waals surface area contributed by atoms with Crippen molar-refractivity contribution in [3.8, 4) is 0 Å². The average Bonchev–Trinajstić information content (AvgIpc) is 2.87. The minimum atomic E-state index is 0.853. The van der Waals surface area contributed by atoms with Crippen molar-refractivity contribution in [3.05, 3.63) is 0 Å². The average molecular weight is 183 g/mol. The van der Waals surface area contributed by atoms with Gasteiger partial charge in [0.1, 0.15) is 0 Å². The molecule has 0 aromatic rings. The van der Waals surface area contributed by atoms with Crippen molar-refractivity contribution in [2.75, 3.05) is 19.8 Å². The largest absolute Gasteiger partial charge is 0.381 e. The molecule has 2 saturated carbocycles. The van der Waals surface area contributed by atoms with Gasteiger partial charge in [0.15, 0.2) is 0 Å². The van der Waals surface area contributed by atoms with Crippen molar-refractivity contribution in [2.45, 2.75) is 38.6 Å². The molecule has 2 aliphatic carbocycles. The summed E-state index contributed by atoms with van der Waals surface area (Å²) in [7, 11) is 0. The van der Waals surface area contributed by atoms with E-state index in [1.54, 1.807) is 0 Å². The summed E-state index contributed by atoms with van der Waals surface area (Å²) in [4.78, 5) is 0. The monoisotopic (exact) mass is 183 g/mol. The van der Waals surface area contributed by atoms with Crippen LogP contribution in [0.2, 0.25) is 0 Å². The molecule has 0 bridgehead atoms. The van der Waals surface area contributed by atoms with Gasteiger partial charge >= 0.3 is 0 Å². The highest BCUT2D eigenvalue weighted by atomic mass is 16.5. The molecule has 2 rings (SSSR count). The molecule has 0 spiro atoms. The summed E-state index contributed by atoms with van der Waals surface area (Å²) >= 11 is 0. The van der Waals surface area contributed by atoms with Crippen molar-refractivity contribution in [2.24, 2.45) is 11.8 Å². The van der Waals surface area contributed by atoms with Gasteiger partial charge in [-0.3, -0.25) is 0 Å². The Morgan fingerprint density at radius 1 is 1.15 bits per heavy atom. The van der Waals surface area contributed by atoms with Crippen LogP contribution in [0.4, 0.5) is 0 Å². The highest BCUT2D eigenvalue weighted by molar-refractivity contribution is 4.87. The standard InChI is InChI=1S/C11H21NO/c1-2-13-8-10-4-3-9(10)7-12-11-5-6-11/h9-12H,2-8H2,1H3. The van der Waals surface area contributed by atoms with Crippen LogP contribution in [0.25, 0.3) is 0 Å². The van der Waals surface area contributed by atoms with Crippen LogP contribution in [0.1, 0.15) is 32.6 Å². The van der Waals surface area contributed by atoms with E-state index in [1.165, 1.54) is 32.2 Å². The van der Waals surface area contributed by atoms with Crippen molar-refractivity contribution >= 4 is 0 Å².